The lowest BCUT2D eigenvalue weighted by atomic mass is 9.81. The Labute approximate surface area is 130 Å². The Kier molecular flexibility index (Phi) is 4.21. The van der Waals surface area contributed by atoms with Gasteiger partial charge in [-0.15, -0.1) is 0 Å². The van der Waals surface area contributed by atoms with Crippen molar-refractivity contribution in [3.05, 3.63) is 67.9 Å². The molecule has 0 saturated heterocycles. The zero-order valence-electron chi connectivity index (χ0n) is 14.8. The molecule has 21 heavy (non-hydrogen) atoms. The van der Waals surface area contributed by atoms with Gasteiger partial charge in [0.25, 0.3) is 0 Å². The first-order valence-electron chi connectivity index (χ1n) is 7.78. The van der Waals surface area contributed by atoms with Crippen LogP contribution < -0.4 is 0 Å². The summed E-state index contributed by atoms with van der Waals surface area (Å²) in [6.45, 7) is 17.8. The van der Waals surface area contributed by atoms with Crippen molar-refractivity contribution in [2.45, 2.75) is 61.8 Å². The molecule has 0 aromatic carbocycles. The lowest BCUT2D eigenvalue weighted by Crippen LogP contribution is -2.05. The predicted molar refractivity (Wildman–Crippen MR) is 93.0 cm³/mol. The van der Waals surface area contributed by atoms with E-state index in [2.05, 4.69) is 67.5 Å². The smallest absolute Gasteiger partial charge is 0.0750 e. The third kappa shape index (κ3) is 2.74. The van der Waals surface area contributed by atoms with Gasteiger partial charge in [0, 0.05) is 25.8 Å². The van der Waals surface area contributed by atoms with E-state index < -0.39 is 0 Å². The van der Waals surface area contributed by atoms with Crippen LogP contribution in [0.1, 0.15) is 61.8 Å². The summed E-state index contributed by atoms with van der Waals surface area (Å²) in [4.78, 5) is 0. The molecule has 0 nitrogen and oxygen atoms in total. The maximum atomic E-state index is 3.76. The second-order valence-electron chi connectivity index (χ2n) is 6.62. The first-order chi connectivity index (χ1) is 9.73. The average Bonchev–Trinajstić information content (AvgIpc) is 2.42. The fourth-order valence-electron chi connectivity index (χ4n) is 3.09. The standard InChI is InChI=1S/C21H27/c1-12-9-13(2)17(6)20(16(12)5)11-21-18(7)14(3)10-15(4)19(21)8/h9H,10H2,1-8H3/q+1. The van der Waals surface area contributed by atoms with Crippen molar-refractivity contribution in [3.63, 3.8) is 0 Å². The molecule has 0 amide bonds. The van der Waals surface area contributed by atoms with E-state index in [-0.39, 0.29) is 0 Å². The van der Waals surface area contributed by atoms with Gasteiger partial charge in [0.1, 0.15) is 5.57 Å². The van der Waals surface area contributed by atoms with Crippen LogP contribution in [0.15, 0.2) is 61.5 Å². The minimum atomic E-state index is 1.10. The van der Waals surface area contributed by atoms with Crippen molar-refractivity contribution in [2.24, 2.45) is 0 Å². The molecule has 0 fully saturated rings. The van der Waals surface area contributed by atoms with Crippen LogP contribution in [0.5, 0.6) is 0 Å². The minimum Gasteiger partial charge on any atom is -0.0750 e. The molecule has 0 heterocycles. The number of allylic oxidation sites excluding steroid dienone is 9. The Morgan fingerprint density at radius 3 is 1.43 bits per heavy atom. The van der Waals surface area contributed by atoms with Gasteiger partial charge in [0.05, 0.1) is 22.3 Å². The summed E-state index contributed by atoms with van der Waals surface area (Å²) >= 11 is 0. The molecule has 0 spiro atoms. The summed E-state index contributed by atoms with van der Waals surface area (Å²) in [5.41, 5.74) is 17.5. The molecule has 110 valence electrons. The third-order valence-corrected chi connectivity index (χ3v) is 5.18. The quantitative estimate of drug-likeness (QED) is 0.355. The summed E-state index contributed by atoms with van der Waals surface area (Å²) in [5, 5.41) is 0. The lowest BCUT2D eigenvalue weighted by molar-refractivity contribution is 1.00. The molecule has 0 atom stereocenters. The molecule has 0 aromatic rings. The second kappa shape index (κ2) is 5.62. The first-order valence-corrected chi connectivity index (χ1v) is 7.78. The van der Waals surface area contributed by atoms with E-state index in [9.17, 15) is 0 Å². The zero-order valence-corrected chi connectivity index (χ0v) is 14.8. The summed E-state index contributed by atoms with van der Waals surface area (Å²) in [6, 6.07) is 0. The Balaban J connectivity index is 2.79. The molecular weight excluding hydrogens is 252 g/mol. The van der Waals surface area contributed by atoms with Crippen LogP contribution in [-0.2, 0) is 0 Å². The third-order valence-electron chi connectivity index (χ3n) is 5.18. The fraction of sp³-hybridized carbons (Fsp3) is 0.429. The van der Waals surface area contributed by atoms with E-state index in [1.54, 1.807) is 0 Å². The van der Waals surface area contributed by atoms with Crippen molar-refractivity contribution in [3.8, 4) is 0 Å². The average molecular weight is 279 g/mol. The fourth-order valence-corrected chi connectivity index (χ4v) is 3.09. The van der Waals surface area contributed by atoms with Gasteiger partial charge in [-0.1, -0.05) is 16.9 Å². The highest BCUT2D eigenvalue weighted by atomic mass is 14.2. The van der Waals surface area contributed by atoms with Gasteiger partial charge in [-0.25, -0.2) is 0 Å². The number of hydrogen-bond acceptors (Lipinski definition) is 0. The molecular formula is C21H27+. The first kappa shape index (κ1) is 15.7. The van der Waals surface area contributed by atoms with E-state index >= 15 is 0 Å². The lowest BCUT2D eigenvalue weighted by Gasteiger charge is -2.20. The topological polar surface area (TPSA) is 0 Å². The summed E-state index contributed by atoms with van der Waals surface area (Å²) in [6.07, 6.45) is 3.39. The van der Waals surface area contributed by atoms with E-state index in [4.69, 9.17) is 0 Å². The summed E-state index contributed by atoms with van der Waals surface area (Å²) < 4.78 is 0. The van der Waals surface area contributed by atoms with Crippen molar-refractivity contribution in [2.75, 3.05) is 0 Å². The van der Waals surface area contributed by atoms with Crippen molar-refractivity contribution >= 4 is 0 Å². The van der Waals surface area contributed by atoms with Crippen molar-refractivity contribution < 1.29 is 0 Å². The molecule has 2 aliphatic rings. The van der Waals surface area contributed by atoms with Gasteiger partial charge in [-0.3, -0.25) is 0 Å². The van der Waals surface area contributed by atoms with E-state index in [0.29, 0.717) is 0 Å². The number of rotatable bonds is 0. The van der Waals surface area contributed by atoms with Gasteiger partial charge in [-0.05, 0) is 59.1 Å². The SMILES string of the molecule is CC1=C(C)C(=C=C2C(C)=C(C)CC(C)=C2C)C(C)=C(C)[CH+]1. The number of hydrogen-bond donors (Lipinski definition) is 0. The summed E-state index contributed by atoms with van der Waals surface area (Å²) in [5.74, 6) is 0. The Hall–Kier alpha value is -1.65. The monoisotopic (exact) mass is 279 g/mol. The zero-order chi connectivity index (χ0) is 15.9. The molecule has 0 N–H and O–H groups in total. The largest absolute Gasteiger partial charge is 0.132 e. The highest BCUT2D eigenvalue weighted by Gasteiger charge is 2.25. The Morgan fingerprint density at radius 1 is 0.619 bits per heavy atom. The highest BCUT2D eigenvalue weighted by Crippen LogP contribution is 2.36. The molecule has 0 aromatic heterocycles. The highest BCUT2D eigenvalue weighted by molar-refractivity contribution is 5.61. The van der Waals surface area contributed by atoms with Crippen LogP contribution in [0.25, 0.3) is 0 Å². The van der Waals surface area contributed by atoms with Gasteiger partial charge in [0.15, 0.2) is 0 Å². The maximum absolute atomic E-state index is 3.76. The van der Waals surface area contributed by atoms with Crippen LogP contribution in [0.2, 0.25) is 0 Å². The van der Waals surface area contributed by atoms with Gasteiger partial charge in [0.2, 0.25) is 0 Å². The van der Waals surface area contributed by atoms with Gasteiger partial charge >= 0.3 is 0 Å². The van der Waals surface area contributed by atoms with Crippen LogP contribution >= 0.6 is 0 Å². The molecule has 0 saturated carbocycles. The van der Waals surface area contributed by atoms with E-state index in [1.165, 1.54) is 55.7 Å². The normalized spacial score (nSPS) is 20.4. The molecule has 2 rings (SSSR count). The molecule has 0 unspecified atom stereocenters. The van der Waals surface area contributed by atoms with Gasteiger partial charge in [-0.2, -0.15) is 0 Å². The molecule has 2 aliphatic carbocycles. The Morgan fingerprint density at radius 2 is 1.00 bits per heavy atom. The molecule has 0 bridgehead atoms. The minimum absolute atomic E-state index is 1.10. The van der Waals surface area contributed by atoms with E-state index in [1.807, 2.05) is 0 Å². The predicted octanol–water partition coefficient (Wildman–Crippen LogP) is 6.41. The molecule has 0 aliphatic heterocycles. The van der Waals surface area contributed by atoms with Crippen LogP contribution in [0.3, 0.4) is 0 Å². The van der Waals surface area contributed by atoms with Crippen LogP contribution in [0, 0.1) is 6.42 Å². The second-order valence-corrected chi connectivity index (χ2v) is 6.62. The van der Waals surface area contributed by atoms with Crippen molar-refractivity contribution in [1.29, 1.82) is 0 Å². The maximum Gasteiger partial charge on any atom is 0.132 e. The Bertz CT molecular complexity index is 580. The van der Waals surface area contributed by atoms with E-state index in [0.717, 1.165) is 6.42 Å². The van der Waals surface area contributed by atoms with Gasteiger partial charge < -0.3 is 0 Å². The van der Waals surface area contributed by atoms with Crippen molar-refractivity contribution in [1.82, 2.24) is 0 Å². The molecule has 0 heteroatoms. The van der Waals surface area contributed by atoms with Crippen LogP contribution in [-0.4, -0.2) is 0 Å². The summed E-state index contributed by atoms with van der Waals surface area (Å²) in [7, 11) is 0. The molecule has 0 radical (unpaired) electrons. The van der Waals surface area contributed by atoms with Crippen LogP contribution in [0.4, 0.5) is 0 Å².